The molecule has 9 aromatic carbocycles. The van der Waals surface area contributed by atoms with Gasteiger partial charge in [0.2, 0.25) is 0 Å². The summed E-state index contributed by atoms with van der Waals surface area (Å²) >= 11 is 0. The number of aryl methyl sites for hydroxylation is 1. The Bertz CT molecular complexity index is 5340. The number of ether oxygens (including phenoxy) is 3. The second-order valence-electron chi connectivity index (χ2n) is 25.9. The Kier molecular flexibility index (Phi) is 16.9. The molecule has 0 bridgehead atoms. The minimum absolute atomic E-state index is 0.236. The lowest BCUT2D eigenvalue weighted by molar-refractivity contribution is 0.0843. The van der Waals surface area contributed by atoms with E-state index >= 15 is 0 Å². The highest BCUT2D eigenvalue weighted by Crippen LogP contribution is 2.49. The summed E-state index contributed by atoms with van der Waals surface area (Å²) in [6.45, 7) is 6.16. The number of hydrogen-bond donors (Lipinski definition) is 7. The number of aromatic amines is 3. The predicted molar refractivity (Wildman–Crippen MR) is 381 cm³/mol. The number of H-pyrrole nitrogens is 3. The molecular weight excluding hydrogens is 1250 g/mol. The summed E-state index contributed by atoms with van der Waals surface area (Å²) in [7, 11) is -1.52. The van der Waals surface area contributed by atoms with Crippen LogP contribution in [0.2, 0.25) is 0 Å². The van der Waals surface area contributed by atoms with Crippen molar-refractivity contribution in [2.75, 3.05) is 39.6 Å². The van der Waals surface area contributed by atoms with Crippen LogP contribution in [-0.2, 0) is 14.2 Å². The van der Waals surface area contributed by atoms with Crippen LogP contribution in [0.25, 0.3) is 116 Å². The largest absolute Gasteiger partial charge is 0.508 e. The average Bonchev–Trinajstić information content (AvgIpc) is 1.59. The lowest BCUT2D eigenvalue weighted by Crippen LogP contribution is -2.29. The van der Waals surface area contributed by atoms with Gasteiger partial charge in [0.15, 0.2) is 0 Å². The molecule has 0 spiro atoms. The fourth-order valence-corrected chi connectivity index (χ4v) is 15.1. The maximum Gasteiger partial charge on any atom is 0.488 e. The molecule has 496 valence electrons. The van der Waals surface area contributed by atoms with E-state index in [4.69, 9.17) is 14.2 Å². The number of nitrogens with zero attached hydrogens (tertiary/aromatic N) is 6. The Labute approximate surface area is 566 Å². The van der Waals surface area contributed by atoms with Crippen molar-refractivity contribution in [3.05, 3.63) is 235 Å². The highest BCUT2D eigenvalue weighted by atomic mass is 19.1. The third-order valence-corrected chi connectivity index (χ3v) is 19.9. The number of phenols is 2. The zero-order valence-electron chi connectivity index (χ0n) is 54.1. The van der Waals surface area contributed by atoms with Crippen LogP contribution in [0.5, 0.6) is 11.5 Å². The molecule has 3 aliphatic heterocycles. The number of phenolic OH excluding ortho intramolecular Hbond substituents is 2. The van der Waals surface area contributed by atoms with Crippen molar-refractivity contribution in [3.63, 3.8) is 0 Å². The van der Waals surface area contributed by atoms with Gasteiger partial charge in [-0.25, -0.2) is 13.2 Å². The second kappa shape index (κ2) is 26.6. The molecular formula is C79H69BF3N9O7. The van der Waals surface area contributed by atoms with E-state index in [1.54, 1.807) is 30.3 Å². The van der Waals surface area contributed by atoms with Gasteiger partial charge in [0.1, 0.15) is 29.0 Å². The summed E-state index contributed by atoms with van der Waals surface area (Å²) in [5.74, 6) is 0.565. The van der Waals surface area contributed by atoms with E-state index in [1.807, 2.05) is 98.3 Å². The Morgan fingerprint density at radius 1 is 0.404 bits per heavy atom. The monoisotopic (exact) mass is 1320 g/mol. The standard InChI is InChI=1S/C27H24FN3O2.C26H23BFN3O3.C26H22FN3O2/c1-16-12-18(2-7-25(16)32)26-22-14-23-19(15-29-30-23)13-24(22)31(21-5-3-20(28)4-6-21)27(26)17-8-10-33-11-9-17;28-20-5-7-21(8-6-20)31-24-13-18-15-29-30-23(18)14-22(24)25(26(31)17-9-11-34-12-10-17)16-1-3-19(4-2-16)27(32)33;27-19-3-5-20(6-4-19)30-24-13-18-15-28-29-23(18)14-22(24)25(16-1-7-21(31)8-2-16)26(30)17-9-11-32-12-10-17/h2-7,12-15,17,32H,8-11H2,1H3,(H,29,30);1-8,13-15,17,32-33H,9-12H2,(H,29,30);1-8,13-15,17,31H,9-12H2,(H,28,29). The van der Waals surface area contributed by atoms with Crippen molar-refractivity contribution < 1.29 is 47.6 Å². The first kappa shape index (κ1) is 63.0. The van der Waals surface area contributed by atoms with Crippen LogP contribution in [-0.4, -0.2) is 111 Å². The van der Waals surface area contributed by atoms with Crippen molar-refractivity contribution in [1.29, 1.82) is 0 Å². The van der Waals surface area contributed by atoms with E-state index in [1.165, 1.54) is 47.8 Å². The van der Waals surface area contributed by atoms with Gasteiger partial charge in [-0.05, 0) is 207 Å². The molecule has 18 rings (SSSR count). The fourth-order valence-electron chi connectivity index (χ4n) is 15.1. The summed E-state index contributed by atoms with van der Waals surface area (Å²) in [6, 6.07) is 53.3. The van der Waals surface area contributed by atoms with Crippen molar-refractivity contribution in [1.82, 2.24) is 44.3 Å². The number of aromatic nitrogens is 9. The van der Waals surface area contributed by atoms with Crippen LogP contribution < -0.4 is 5.46 Å². The SMILES string of the molecule is Cc1cc(-c2c(C3CCOCC3)n(-c3ccc(F)cc3)c3cc4cn[nH]c4cc23)ccc1O.OB(O)c1ccc(-c2c(C3CCOCC3)n(-c3ccc(F)cc3)c3cc4cn[nH]c4cc23)cc1.Oc1ccc(-c2c(C3CCOCC3)n(-c3ccc(F)cc3)c3cc4cn[nH]c4cc23)cc1. The lowest BCUT2D eigenvalue weighted by atomic mass is 9.79. The Morgan fingerprint density at radius 3 is 1.06 bits per heavy atom. The number of rotatable bonds is 10. The minimum Gasteiger partial charge on any atom is -0.508 e. The smallest absolute Gasteiger partial charge is 0.488 e. The van der Waals surface area contributed by atoms with Crippen molar-refractivity contribution >= 4 is 78.0 Å². The quantitative estimate of drug-likeness (QED) is 0.0644. The molecule has 0 atom stereocenters. The highest BCUT2D eigenvalue weighted by Gasteiger charge is 2.32. The highest BCUT2D eigenvalue weighted by molar-refractivity contribution is 6.58. The van der Waals surface area contributed by atoms with Gasteiger partial charge in [0.25, 0.3) is 0 Å². The lowest BCUT2D eigenvalue weighted by Gasteiger charge is -2.26. The number of fused-ring (bicyclic) bond motifs is 6. The van der Waals surface area contributed by atoms with Crippen LogP contribution in [0.1, 0.15) is 78.9 Å². The van der Waals surface area contributed by atoms with Gasteiger partial charge in [-0.3, -0.25) is 15.3 Å². The summed E-state index contributed by atoms with van der Waals surface area (Å²) in [4.78, 5) is 0. The van der Waals surface area contributed by atoms with Crippen LogP contribution in [0.4, 0.5) is 13.2 Å². The number of halogens is 3. The summed E-state index contributed by atoms with van der Waals surface area (Å²) in [6.07, 6.45) is 10.9. The Balaban J connectivity index is 0.000000116. The van der Waals surface area contributed by atoms with Crippen LogP contribution in [0, 0.1) is 24.4 Å². The third kappa shape index (κ3) is 12.0. The van der Waals surface area contributed by atoms with Gasteiger partial charge < -0.3 is 48.2 Å². The van der Waals surface area contributed by atoms with Crippen LogP contribution in [0.15, 0.2) is 195 Å². The van der Waals surface area contributed by atoms with E-state index < -0.39 is 7.12 Å². The molecule has 9 heterocycles. The maximum absolute atomic E-state index is 13.8. The van der Waals surface area contributed by atoms with Crippen molar-refractivity contribution in [2.45, 2.75) is 63.2 Å². The molecule has 15 aromatic rings. The summed E-state index contributed by atoms with van der Waals surface area (Å²) in [5, 5.41) is 67.4. The zero-order valence-corrected chi connectivity index (χ0v) is 54.1. The molecule has 99 heavy (non-hydrogen) atoms. The molecule has 0 unspecified atom stereocenters. The first-order valence-electron chi connectivity index (χ1n) is 33.5. The molecule has 16 nitrogen and oxygen atoms in total. The van der Waals surface area contributed by atoms with Crippen molar-refractivity contribution in [3.8, 4) is 61.9 Å². The van der Waals surface area contributed by atoms with Gasteiger partial charge in [0.05, 0.1) is 51.7 Å². The normalized spacial score (nSPS) is 14.9. The molecule has 0 amide bonds. The number of benzene rings is 9. The first-order chi connectivity index (χ1) is 48.4. The molecule has 3 fully saturated rings. The molecule has 3 aliphatic rings. The Morgan fingerprint density at radius 2 is 0.727 bits per heavy atom. The summed E-state index contributed by atoms with van der Waals surface area (Å²) in [5.41, 5.74) is 20.0. The molecule has 3 saturated heterocycles. The van der Waals surface area contributed by atoms with E-state index in [0.717, 1.165) is 179 Å². The Hall–Kier alpha value is -10.7. The molecule has 20 heteroatoms. The van der Waals surface area contributed by atoms with Gasteiger partial charge in [-0.2, -0.15) is 15.3 Å². The van der Waals surface area contributed by atoms with Gasteiger partial charge in [-0.15, -0.1) is 0 Å². The molecule has 0 saturated carbocycles. The van der Waals surface area contributed by atoms with E-state index in [-0.39, 0.29) is 40.8 Å². The second-order valence-corrected chi connectivity index (χ2v) is 25.9. The zero-order chi connectivity index (χ0) is 67.4. The molecule has 7 N–H and O–H groups in total. The molecule has 0 aliphatic carbocycles. The first-order valence-corrected chi connectivity index (χ1v) is 33.5. The fraction of sp³-hybridized carbons (Fsp3) is 0.203. The number of nitrogens with one attached hydrogen (secondary N) is 3. The number of hydrogen-bond acceptors (Lipinski definition) is 10. The van der Waals surface area contributed by atoms with Crippen molar-refractivity contribution in [2.24, 2.45) is 0 Å². The van der Waals surface area contributed by atoms with Gasteiger partial charge in [0, 0.05) is 141 Å². The topological polar surface area (TPSA) is 209 Å². The predicted octanol–water partition coefficient (Wildman–Crippen LogP) is 16.0. The van der Waals surface area contributed by atoms with Gasteiger partial charge >= 0.3 is 7.12 Å². The van der Waals surface area contributed by atoms with E-state index in [0.29, 0.717) is 37.8 Å². The summed E-state index contributed by atoms with van der Waals surface area (Å²) < 4.78 is 65.2. The van der Waals surface area contributed by atoms with Crippen LogP contribution in [0.3, 0.4) is 0 Å². The average molecular weight is 1320 g/mol. The van der Waals surface area contributed by atoms with E-state index in [2.05, 4.69) is 80.7 Å². The van der Waals surface area contributed by atoms with Gasteiger partial charge in [-0.1, -0.05) is 42.5 Å². The number of aromatic hydroxyl groups is 2. The molecule has 0 radical (unpaired) electrons. The molecule has 6 aromatic heterocycles. The van der Waals surface area contributed by atoms with Crippen LogP contribution >= 0.6 is 0 Å². The maximum atomic E-state index is 13.8. The van der Waals surface area contributed by atoms with E-state index in [9.17, 15) is 33.4 Å². The third-order valence-electron chi connectivity index (χ3n) is 19.9. The minimum atomic E-state index is -1.52.